The van der Waals surface area contributed by atoms with Crippen molar-refractivity contribution in [2.45, 2.75) is 6.92 Å². The molecule has 0 radical (unpaired) electrons. The van der Waals surface area contributed by atoms with E-state index in [1.54, 1.807) is 12.3 Å². The Morgan fingerprint density at radius 2 is 1.62 bits per heavy atom. The lowest BCUT2D eigenvalue weighted by Crippen LogP contribution is -2.01. The van der Waals surface area contributed by atoms with Crippen LogP contribution in [0.3, 0.4) is 0 Å². The van der Waals surface area contributed by atoms with Gasteiger partial charge < -0.3 is 10.7 Å². The van der Waals surface area contributed by atoms with Crippen LogP contribution in [0.1, 0.15) is 12.5 Å². The first-order chi connectivity index (χ1) is 19.2. The third-order valence-electron chi connectivity index (χ3n) is 7.29. The predicted molar refractivity (Wildman–Crippen MR) is 168 cm³/mol. The highest BCUT2D eigenvalue weighted by Crippen LogP contribution is 2.49. The summed E-state index contributed by atoms with van der Waals surface area (Å²) < 4.78 is 2.33. The summed E-state index contributed by atoms with van der Waals surface area (Å²) in [7, 11) is 0. The molecule has 0 bridgehead atoms. The van der Waals surface area contributed by atoms with Crippen molar-refractivity contribution in [3.8, 4) is 33.5 Å². The van der Waals surface area contributed by atoms with Crippen molar-refractivity contribution < 1.29 is 0 Å². The summed E-state index contributed by atoms with van der Waals surface area (Å²) in [5.74, 6) is 0. The number of hydrogen-bond acceptors (Lipinski definition) is 1. The van der Waals surface area contributed by atoms with Crippen molar-refractivity contribution in [1.82, 2.24) is 9.56 Å². The molecule has 5 aromatic rings. The molecule has 6 rings (SSSR count). The minimum absolute atomic E-state index is 0.922. The molecule has 1 aromatic heterocycles. The van der Waals surface area contributed by atoms with Crippen LogP contribution in [0, 0.1) is 0 Å². The zero-order valence-electron chi connectivity index (χ0n) is 21.9. The monoisotopic (exact) mass is 504 g/mol. The summed E-state index contributed by atoms with van der Waals surface area (Å²) in [5, 5.41) is 2.44. The van der Waals surface area contributed by atoms with Gasteiger partial charge in [-0.3, -0.25) is 0 Å². The van der Waals surface area contributed by atoms with Crippen LogP contribution in [0.5, 0.6) is 0 Å². The molecule has 2 heterocycles. The van der Waals surface area contributed by atoms with Crippen LogP contribution in [0.25, 0.3) is 49.9 Å². The third-order valence-corrected chi connectivity index (χ3v) is 7.29. The van der Waals surface area contributed by atoms with E-state index < -0.39 is 0 Å². The molecule has 0 spiro atoms. The molecular weight excluding hydrogens is 474 g/mol. The number of H-pyrrole nitrogens is 1. The van der Waals surface area contributed by atoms with Gasteiger partial charge in [0, 0.05) is 30.2 Å². The fourth-order valence-electron chi connectivity index (χ4n) is 5.33. The number of allylic oxidation sites excluding steroid dienone is 6. The van der Waals surface area contributed by atoms with Gasteiger partial charge in [0.1, 0.15) is 0 Å². The molecule has 0 saturated carbocycles. The Morgan fingerprint density at radius 3 is 2.36 bits per heavy atom. The summed E-state index contributed by atoms with van der Waals surface area (Å²) in [6.45, 7) is 5.89. The van der Waals surface area contributed by atoms with E-state index in [0.29, 0.717) is 0 Å². The molecular formula is C36H30N3+. The van der Waals surface area contributed by atoms with Gasteiger partial charge in [-0.25, -0.2) is 0 Å². The number of nitrogens with one attached hydrogen (secondary N) is 1. The number of rotatable bonds is 6. The van der Waals surface area contributed by atoms with Crippen molar-refractivity contribution >= 4 is 33.9 Å². The predicted octanol–water partition coefficient (Wildman–Crippen LogP) is 9.01. The fourth-order valence-corrected chi connectivity index (χ4v) is 5.33. The second kappa shape index (κ2) is 10.3. The number of hydrogen-bond donors (Lipinski definition) is 2. The summed E-state index contributed by atoms with van der Waals surface area (Å²) >= 11 is 0. The first-order valence-corrected chi connectivity index (χ1v) is 13.1. The Balaban J connectivity index is 1.48. The molecule has 1 aliphatic heterocycles. The normalized spacial score (nSPS) is 14.0. The molecule has 3 nitrogen and oxygen atoms in total. The lowest BCUT2D eigenvalue weighted by atomic mass is 9.96. The molecule has 39 heavy (non-hydrogen) atoms. The molecule has 0 aliphatic carbocycles. The molecule has 188 valence electrons. The molecule has 0 saturated heterocycles. The number of aromatic nitrogens is 1. The van der Waals surface area contributed by atoms with Gasteiger partial charge in [0.25, 0.3) is 0 Å². The Hall–Kier alpha value is -5.15. The standard InChI is InChI=1S/C36H30N3/c1-3-5-6-7-21-39-35-23-28(27-12-10-26(11-13-27)25(4-2)24-37)14-18-32(35)33-19-15-29-22-30(34-9-8-20-38-34)16-17-31(29)36(33)39/h3-24,38H,2,37H2,1H3/q+1/b5-3-,7-6-,25-24+,39-21?. The van der Waals surface area contributed by atoms with E-state index in [1.807, 2.05) is 31.3 Å². The van der Waals surface area contributed by atoms with E-state index in [4.69, 9.17) is 5.73 Å². The van der Waals surface area contributed by atoms with Crippen molar-refractivity contribution in [2.75, 3.05) is 0 Å². The highest BCUT2D eigenvalue weighted by Gasteiger charge is 2.33. The van der Waals surface area contributed by atoms with Gasteiger partial charge in [0.2, 0.25) is 11.4 Å². The molecule has 4 aromatic carbocycles. The molecule has 0 unspecified atom stereocenters. The molecule has 1 aliphatic rings. The highest BCUT2D eigenvalue weighted by atomic mass is 15.0. The van der Waals surface area contributed by atoms with E-state index in [9.17, 15) is 0 Å². The minimum Gasteiger partial charge on any atom is -0.404 e. The van der Waals surface area contributed by atoms with Gasteiger partial charge in [-0.1, -0.05) is 73.3 Å². The van der Waals surface area contributed by atoms with Gasteiger partial charge >= 0.3 is 0 Å². The Kier molecular flexibility index (Phi) is 6.40. The van der Waals surface area contributed by atoms with Crippen LogP contribution in [0.4, 0.5) is 11.4 Å². The SMILES string of the molecule is C=C/C(=C\N)c1ccc(-c2ccc3c(c2)[N+](=C/C=C\C=C/C)c2c-3ccc3cc(-c4ccc[nH]4)ccc23)cc1. The second-order valence-electron chi connectivity index (χ2n) is 9.55. The first kappa shape index (κ1) is 24.2. The van der Waals surface area contributed by atoms with Gasteiger partial charge in [-0.05, 0) is 76.5 Å². The van der Waals surface area contributed by atoms with E-state index in [2.05, 4.69) is 113 Å². The number of fused-ring (bicyclic) bond motifs is 5. The third kappa shape index (κ3) is 4.34. The molecule has 3 heteroatoms. The van der Waals surface area contributed by atoms with Crippen molar-refractivity contribution in [3.05, 3.63) is 140 Å². The summed E-state index contributed by atoms with van der Waals surface area (Å²) in [6.07, 6.45) is 15.7. The van der Waals surface area contributed by atoms with Gasteiger partial charge in [0.05, 0.1) is 16.5 Å². The molecule has 0 atom stereocenters. The van der Waals surface area contributed by atoms with E-state index in [-0.39, 0.29) is 0 Å². The van der Waals surface area contributed by atoms with Crippen LogP contribution in [0.15, 0.2) is 134 Å². The van der Waals surface area contributed by atoms with Crippen molar-refractivity contribution in [2.24, 2.45) is 5.73 Å². The maximum Gasteiger partial charge on any atom is 0.227 e. The van der Waals surface area contributed by atoms with E-state index in [1.165, 1.54) is 44.4 Å². The van der Waals surface area contributed by atoms with Crippen LogP contribution in [-0.4, -0.2) is 11.2 Å². The van der Waals surface area contributed by atoms with Crippen molar-refractivity contribution in [1.29, 1.82) is 0 Å². The Labute approximate surface area is 229 Å². The van der Waals surface area contributed by atoms with Crippen LogP contribution < -0.4 is 10.3 Å². The second-order valence-corrected chi connectivity index (χ2v) is 9.55. The maximum atomic E-state index is 5.76. The Bertz CT molecular complexity index is 1810. The quantitative estimate of drug-likeness (QED) is 0.172. The fraction of sp³-hybridized carbons (Fsp3) is 0.0278. The number of aromatic amines is 1. The number of nitrogens with two attached hydrogens (primary N) is 1. The molecule has 0 fully saturated rings. The largest absolute Gasteiger partial charge is 0.404 e. The molecule has 3 N–H and O–H groups in total. The van der Waals surface area contributed by atoms with Gasteiger partial charge in [-0.15, -0.1) is 0 Å². The van der Waals surface area contributed by atoms with Gasteiger partial charge in [0.15, 0.2) is 6.21 Å². The lowest BCUT2D eigenvalue weighted by molar-refractivity contribution is 1.15. The summed E-state index contributed by atoms with van der Waals surface area (Å²) in [5.41, 5.74) is 17.2. The number of benzene rings is 4. The Morgan fingerprint density at radius 1 is 0.821 bits per heavy atom. The number of nitrogens with zero attached hydrogens (tertiary/aromatic N) is 1. The average Bonchev–Trinajstić information content (AvgIpc) is 3.63. The van der Waals surface area contributed by atoms with E-state index >= 15 is 0 Å². The smallest absolute Gasteiger partial charge is 0.227 e. The maximum absolute atomic E-state index is 5.76. The first-order valence-electron chi connectivity index (χ1n) is 13.1. The van der Waals surface area contributed by atoms with Crippen LogP contribution in [0.2, 0.25) is 0 Å². The highest BCUT2D eigenvalue weighted by molar-refractivity contribution is 6.10. The topological polar surface area (TPSA) is 44.8 Å². The minimum atomic E-state index is 0.922. The summed E-state index contributed by atoms with van der Waals surface area (Å²) in [6, 6.07) is 30.6. The van der Waals surface area contributed by atoms with Gasteiger partial charge in [-0.2, -0.15) is 4.58 Å². The zero-order chi connectivity index (χ0) is 26.8. The molecule has 0 amide bonds. The van der Waals surface area contributed by atoms with Crippen LogP contribution >= 0.6 is 0 Å². The lowest BCUT2D eigenvalue weighted by Gasteiger charge is -2.06. The zero-order valence-corrected chi connectivity index (χ0v) is 21.9. The van der Waals surface area contributed by atoms with E-state index in [0.717, 1.165) is 22.4 Å². The average molecular weight is 505 g/mol. The van der Waals surface area contributed by atoms with Crippen molar-refractivity contribution in [3.63, 3.8) is 0 Å². The van der Waals surface area contributed by atoms with Crippen LogP contribution in [-0.2, 0) is 0 Å². The summed E-state index contributed by atoms with van der Waals surface area (Å²) in [4.78, 5) is 3.32.